The Morgan fingerprint density at radius 1 is 0.957 bits per heavy atom. The molecule has 23 heavy (non-hydrogen) atoms. The highest BCUT2D eigenvalue weighted by molar-refractivity contribution is 7.89. The molecule has 0 aliphatic rings. The van der Waals surface area contributed by atoms with E-state index >= 15 is 0 Å². The molecular weight excluding hydrogens is 308 g/mol. The van der Waals surface area contributed by atoms with E-state index < -0.39 is 10.0 Å². The van der Waals surface area contributed by atoms with Crippen molar-refractivity contribution < 1.29 is 8.42 Å². The molecule has 3 rings (SSSR count). The van der Waals surface area contributed by atoms with E-state index in [9.17, 15) is 8.42 Å². The fourth-order valence-electron chi connectivity index (χ4n) is 2.64. The standard InChI is InChI=1S/C18H14N2O2S/c1-13-9-10-15(23(21,22)20-12-19)11-18(13)17-8-4-6-14-5-2-3-7-16(14)17/h2-11,20H,1H3. The van der Waals surface area contributed by atoms with Gasteiger partial charge in [0, 0.05) is 0 Å². The third-order valence-corrected chi connectivity index (χ3v) is 5.01. The number of hydrogen-bond acceptors (Lipinski definition) is 3. The summed E-state index contributed by atoms with van der Waals surface area (Å²) in [5.74, 6) is 0. The Labute approximate surface area is 135 Å². The van der Waals surface area contributed by atoms with Crippen molar-refractivity contribution in [2.24, 2.45) is 0 Å². The van der Waals surface area contributed by atoms with Crippen molar-refractivity contribution in [2.45, 2.75) is 11.8 Å². The first-order valence-corrected chi connectivity index (χ1v) is 8.51. The van der Waals surface area contributed by atoms with Gasteiger partial charge in [-0.05, 0) is 46.5 Å². The fraction of sp³-hybridized carbons (Fsp3) is 0.0556. The van der Waals surface area contributed by atoms with Crippen molar-refractivity contribution in [3.63, 3.8) is 0 Å². The van der Waals surface area contributed by atoms with Crippen LogP contribution in [0.15, 0.2) is 65.6 Å². The number of rotatable bonds is 3. The van der Waals surface area contributed by atoms with Crippen molar-refractivity contribution in [1.82, 2.24) is 4.72 Å². The molecule has 0 atom stereocenters. The van der Waals surface area contributed by atoms with Crippen LogP contribution >= 0.6 is 0 Å². The van der Waals surface area contributed by atoms with Crippen LogP contribution in [0, 0.1) is 18.4 Å². The van der Waals surface area contributed by atoms with Crippen LogP contribution in [-0.4, -0.2) is 8.42 Å². The summed E-state index contributed by atoms with van der Waals surface area (Å²) in [6.45, 7) is 1.94. The molecule has 0 aliphatic heterocycles. The topological polar surface area (TPSA) is 70.0 Å². The summed E-state index contributed by atoms with van der Waals surface area (Å²) in [5.41, 5.74) is 2.77. The summed E-state index contributed by atoms with van der Waals surface area (Å²) in [5, 5.41) is 10.8. The maximum absolute atomic E-state index is 12.1. The molecule has 3 aromatic rings. The molecule has 0 fully saturated rings. The lowest BCUT2D eigenvalue weighted by molar-refractivity contribution is 0.591. The van der Waals surface area contributed by atoms with Gasteiger partial charge in [0.15, 0.2) is 6.19 Å². The van der Waals surface area contributed by atoms with Gasteiger partial charge in [0.1, 0.15) is 0 Å². The summed E-state index contributed by atoms with van der Waals surface area (Å²) in [6, 6.07) is 18.8. The zero-order valence-corrected chi connectivity index (χ0v) is 13.3. The van der Waals surface area contributed by atoms with Gasteiger partial charge in [0.25, 0.3) is 10.0 Å². The van der Waals surface area contributed by atoms with E-state index in [1.807, 2.05) is 54.1 Å². The highest BCUT2D eigenvalue weighted by Crippen LogP contribution is 2.32. The molecule has 0 spiro atoms. The second-order valence-electron chi connectivity index (χ2n) is 5.22. The first-order chi connectivity index (χ1) is 11.0. The quantitative estimate of drug-likeness (QED) is 0.592. The van der Waals surface area contributed by atoms with Gasteiger partial charge in [-0.1, -0.05) is 48.5 Å². The van der Waals surface area contributed by atoms with Gasteiger partial charge in [0.2, 0.25) is 0 Å². The minimum Gasteiger partial charge on any atom is -0.215 e. The third kappa shape index (κ3) is 2.77. The van der Waals surface area contributed by atoms with Crippen molar-refractivity contribution in [3.8, 4) is 17.3 Å². The van der Waals surface area contributed by atoms with Crippen molar-refractivity contribution in [1.29, 1.82) is 5.26 Å². The van der Waals surface area contributed by atoms with E-state index in [4.69, 9.17) is 5.26 Å². The number of nitrogens with one attached hydrogen (secondary N) is 1. The van der Waals surface area contributed by atoms with Crippen LogP contribution in [0.25, 0.3) is 21.9 Å². The Morgan fingerprint density at radius 2 is 1.70 bits per heavy atom. The molecule has 4 nitrogen and oxygen atoms in total. The molecule has 3 aromatic carbocycles. The lowest BCUT2D eigenvalue weighted by atomic mass is 9.95. The highest BCUT2D eigenvalue weighted by atomic mass is 32.2. The molecule has 0 amide bonds. The largest absolute Gasteiger partial charge is 0.270 e. The first kappa shape index (κ1) is 15.1. The van der Waals surface area contributed by atoms with E-state index in [-0.39, 0.29) is 4.90 Å². The first-order valence-electron chi connectivity index (χ1n) is 7.02. The normalized spacial score (nSPS) is 11.1. The van der Waals surface area contributed by atoms with Gasteiger partial charge in [-0.2, -0.15) is 5.26 Å². The molecular formula is C18H14N2O2S. The Kier molecular flexibility index (Phi) is 3.77. The van der Waals surface area contributed by atoms with Gasteiger partial charge >= 0.3 is 0 Å². The molecule has 0 aromatic heterocycles. The maximum atomic E-state index is 12.1. The van der Waals surface area contributed by atoms with E-state index in [1.54, 1.807) is 12.1 Å². The minimum atomic E-state index is -3.82. The monoisotopic (exact) mass is 322 g/mol. The molecule has 0 aliphatic carbocycles. The van der Waals surface area contributed by atoms with Gasteiger partial charge in [0.05, 0.1) is 4.90 Å². The van der Waals surface area contributed by atoms with E-state index in [0.29, 0.717) is 0 Å². The Morgan fingerprint density at radius 3 is 2.48 bits per heavy atom. The molecule has 1 N–H and O–H groups in total. The molecule has 0 radical (unpaired) electrons. The Bertz CT molecular complexity index is 1030. The summed E-state index contributed by atoms with van der Waals surface area (Å²) in [4.78, 5) is 0.0765. The molecule has 0 bridgehead atoms. The number of nitrogens with zero attached hydrogens (tertiary/aromatic N) is 1. The number of hydrogen-bond donors (Lipinski definition) is 1. The summed E-state index contributed by atoms with van der Waals surface area (Å²) < 4.78 is 26.0. The van der Waals surface area contributed by atoms with Gasteiger partial charge < -0.3 is 0 Å². The van der Waals surface area contributed by atoms with E-state index in [0.717, 1.165) is 27.5 Å². The molecule has 0 saturated carbocycles. The fourth-order valence-corrected chi connectivity index (χ4v) is 3.40. The summed E-state index contributed by atoms with van der Waals surface area (Å²) in [6.07, 6.45) is 1.47. The van der Waals surface area contributed by atoms with Crippen LogP contribution < -0.4 is 4.72 Å². The zero-order valence-electron chi connectivity index (χ0n) is 12.4. The SMILES string of the molecule is Cc1ccc(S(=O)(=O)NC#N)cc1-c1cccc2ccccc12. The number of sulfonamides is 1. The second kappa shape index (κ2) is 5.75. The predicted octanol–water partition coefficient (Wildman–Crippen LogP) is 3.57. The summed E-state index contributed by atoms with van der Waals surface area (Å²) >= 11 is 0. The summed E-state index contributed by atoms with van der Waals surface area (Å²) in [7, 11) is -3.82. The molecule has 5 heteroatoms. The minimum absolute atomic E-state index is 0.0765. The highest BCUT2D eigenvalue weighted by Gasteiger charge is 2.16. The van der Waals surface area contributed by atoms with Crippen LogP contribution in [0.3, 0.4) is 0 Å². The van der Waals surface area contributed by atoms with E-state index in [1.165, 1.54) is 12.3 Å². The Balaban J connectivity index is 2.26. The molecule has 0 heterocycles. The van der Waals surface area contributed by atoms with Crippen LogP contribution in [0.1, 0.15) is 5.56 Å². The van der Waals surface area contributed by atoms with Crippen molar-refractivity contribution >= 4 is 20.8 Å². The van der Waals surface area contributed by atoms with Crippen LogP contribution in [-0.2, 0) is 10.0 Å². The van der Waals surface area contributed by atoms with Crippen molar-refractivity contribution in [3.05, 3.63) is 66.2 Å². The number of benzene rings is 3. The van der Waals surface area contributed by atoms with Crippen molar-refractivity contribution in [2.75, 3.05) is 0 Å². The lowest BCUT2D eigenvalue weighted by Gasteiger charge is -2.12. The smallest absolute Gasteiger partial charge is 0.215 e. The van der Waals surface area contributed by atoms with Gasteiger partial charge in [-0.25, -0.2) is 13.1 Å². The zero-order chi connectivity index (χ0) is 16.4. The van der Waals surface area contributed by atoms with Crippen LogP contribution in [0.5, 0.6) is 0 Å². The molecule has 0 saturated heterocycles. The number of aryl methyl sites for hydroxylation is 1. The number of fused-ring (bicyclic) bond motifs is 1. The number of nitriles is 1. The van der Waals surface area contributed by atoms with Crippen LogP contribution in [0.2, 0.25) is 0 Å². The average Bonchev–Trinajstić information content (AvgIpc) is 2.54. The molecule has 114 valence electrons. The van der Waals surface area contributed by atoms with Gasteiger partial charge in [-0.15, -0.1) is 0 Å². The third-order valence-electron chi connectivity index (χ3n) is 3.78. The van der Waals surface area contributed by atoms with E-state index in [2.05, 4.69) is 0 Å². The molecule has 0 unspecified atom stereocenters. The lowest BCUT2D eigenvalue weighted by Crippen LogP contribution is -2.18. The maximum Gasteiger partial charge on any atom is 0.270 e. The predicted molar refractivity (Wildman–Crippen MR) is 90.1 cm³/mol. The van der Waals surface area contributed by atoms with Crippen LogP contribution in [0.4, 0.5) is 0 Å². The average molecular weight is 322 g/mol. The van der Waals surface area contributed by atoms with Gasteiger partial charge in [-0.3, -0.25) is 0 Å². The Hall–Kier alpha value is -2.84. The second-order valence-corrected chi connectivity index (χ2v) is 6.90.